The normalized spacial score (nSPS) is 10.7. The van der Waals surface area contributed by atoms with Crippen LogP contribution in [0.1, 0.15) is 0 Å². The summed E-state index contributed by atoms with van der Waals surface area (Å²) >= 11 is 1.10. The average Bonchev–Trinajstić information content (AvgIpc) is 3.23. The van der Waals surface area contributed by atoms with Crippen LogP contribution < -0.4 is 5.32 Å². The second-order valence-corrected chi connectivity index (χ2v) is 7.41. The predicted molar refractivity (Wildman–Crippen MR) is 117 cm³/mol. The number of nitro groups is 1. The number of hydrogen-bond acceptors (Lipinski definition) is 7. The number of para-hydroxylation sites is 2. The number of carbonyl (C=O) groups excluding carboxylic acids is 1. The monoisotopic (exact) mass is 450 g/mol. The van der Waals surface area contributed by atoms with E-state index in [1.54, 1.807) is 47.3 Å². The molecule has 0 aliphatic carbocycles. The number of halogens is 1. The predicted octanol–water partition coefficient (Wildman–Crippen LogP) is 4.11. The van der Waals surface area contributed by atoms with Crippen LogP contribution in [0.25, 0.3) is 17.1 Å². The van der Waals surface area contributed by atoms with E-state index in [0.29, 0.717) is 16.7 Å². The van der Waals surface area contributed by atoms with Gasteiger partial charge in [-0.05, 0) is 42.5 Å². The zero-order valence-electron chi connectivity index (χ0n) is 16.4. The molecule has 2 aromatic carbocycles. The van der Waals surface area contributed by atoms with Gasteiger partial charge in [-0.1, -0.05) is 23.9 Å². The van der Waals surface area contributed by atoms with Crippen LogP contribution in [0.5, 0.6) is 0 Å². The summed E-state index contributed by atoms with van der Waals surface area (Å²) in [4.78, 5) is 27.0. The Labute approximate surface area is 185 Å². The lowest BCUT2D eigenvalue weighted by Crippen LogP contribution is -2.15. The van der Waals surface area contributed by atoms with Crippen molar-refractivity contribution in [1.82, 2.24) is 19.7 Å². The van der Waals surface area contributed by atoms with Crippen LogP contribution in [0.3, 0.4) is 0 Å². The summed E-state index contributed by atoms with van der Waals surface area (Å²) in [5.41, 5.74) is 1.28. The molecule has 4 aromatic rings. The molecule has 0 aliphatic heterocycles. The van der Waals surface area contributed by atoms with Gasteiger partial charge in [0.1, 0.15) is 11.5 Å². The number of amides is 1. The molecule has 2 aromatic heterocycles. The number of thioether (sulfide) groups is 1. The smallest absolute Gasteiger partial charge is 0.292 e. The van der Waals surface area contributed by atoms with E-state index in [4.69, 9.17) is 0 Å². The minimum Gasteiger partial charge on any atom is -0.320 e. The molecule has 0 atom stereocenters. The lowest BCUT2D eigenvalue weighted by atomic mass is 10.2. The van der Waals surface area contributed by atoms with Crippen molar-refractivity contribution in [2.24, 2.45) is 0 Å². The number of nitro benzene ring substituents is 1. The standard InChI is InChI=1S/C21H15FN6O3S/c22-15-5-7-16(8-6-15)27-20(14-9-11-23-12-10-14)25-26-21(27)32-13-19(29)24-17-3-1-2-4-18(17)28(30)31/h1-12H,13H2,(H,24,29). The molecule has 0 radical (unpaired) electrons. The van der Waals surface area contributed by atoms with Gasteiger partial charge < -0.3 is 5.32 Å². The van der Waals surface area contributed by atoms with Gasteiger partial charge in [0.25, 0.3) is 5.69 Å². The average molecular weight is 450 g/mol. The molecule has 0 fully saturated rings. The van der Waals surface area contributed by atoms with Crippen molar-refractivity contribution < 1.29 is 14.1 Å². The highest BCUT2D eigenvalue weighted by molar-refractivity contribution is 7.99. The summed E-state index contributed by atoms with van der Waals surface area (Å²) in [6, 6.07) is 15.2. The van der Waals surface area contributed by atoms with Gasteiger partial charge in [-0.2, -0.15) is 0 Å². The number of pyridine rings is 1. The van der Waals surface area contributed by atoms with E-state index in [0.717, 1.165) is 17.3 Å². The number of carbonyl (C=O) groups is 1. The number of anilines is 1. The molecule has 9 nitrogen and oxygen atoms in total. The Morgan fingerprint density at radius 2 is 1.78 bits per heavy atom. The molecule has 0 spiro atoms. The zero-order chi connectivity index (χ0) is 22.5. The number of aromatic nitrogens is 4. The van der Waals surface area contributed by atoms with Crippen LogP contribution in [0, 0.1) is 15.9 Å². The van der Waals surface area contributed by atoms with Crippen molar-refractivity contribution in [3.63, 3.8) is 0 Å². The van der Waals surface area contributed by atoms with Gasteiger partial charge in [-0.15, -0.1) is 10.2 Å². The second kappa shape index (κ2) is 9.35. The summed E-state index contributed by atoms with van der Waals surface area (Å²) in [5, 5.41) is 22.5. The van der Waals surface area contributed by atoms with Crippen LogP contribution in [0.15, 0.2) is 78.2 Å². The molecule has 0 aliphatic rings. The number of rotatable bonds is 7. The molecular formula is C21H15FN6O3S. The largest absolute Gasteiger partial charge is 0.320 e. The number of benzene rings is 2. The van der Waals surface area contributed by atoms with Crippen LogP contribution >= 0.6 is 11.8 Å². The van der Waals surface area contributed by atoms with E-state index in [1.807, 2.05) is 0 Å². The molecule has 0 unspecified atom stereocenters. The maximum atomic E-state index is 13.4. The minimum atomic E-state index is -0.561. The van der Waals surface area contributed by atoms with Crippen LogP contribution in [-0.2, 0) is 4.79 Å². The third-order valence-electron chi connectivity index (χ3n) is 4.36. The van der Waals surface area contributed by atoms with E-state index in [2.05, 4.69) is 20.5 Å². The Morgan fingerprint density at radius 3 is 2.50 bits per heavy atom. The first-order chi connectivity index (χ1) is 15.5. The van der Waals surface area contributed by atoms with Gasteiger partial charge in [0.2, 0.25) is 5.91 Å². The fourth-order valence-corrected chi connectivity index (χ4v) is 3.68. The Balaban J connectivity index is 1.59. The topological polar surface area (TPSA) is 116 Å². The summed E-state index contributed by atoms with van der Waals surface area (Å²) in [6.07, 6.45) is 3.23. The van der Waals surface area contributed by atoms with Crippen molar-refractivity contribution in [2.75, 3.05) is 11.1 Å². The first kappa shape index (κ1) is 21.1. The maximum absolute atomic E-state index is 13.4. The quantitative estimate of drug-likeness (QED) is 0.256. The van der Waals surface area contributed by atoms with Gasteiger partial charge in [-0.25, -0.2) is 4.39 Å². The Morgan fingerprint density at radius 1 is 1.06 bits per heavy atom. The van der Waals surface area contributed by atoms with Crippen molar-refractivity contribution in [2.45, 2.75) is 5.16 Å². The maximum Gasteiger partial charge on any atom is 0.292 e. The molecule has 160 valence electrons. The van der Waals surface area contributed by atoms with Gasteiger partial charge in [0, 0.05) is 29.7 Å². The summed E-state index contributed by atoms with van der Waals surface area (Å²) < 4.78 is 15.2. The highest BCUT2D eigenvalue weighted by Gasteiger charge is 2.19. The van der Waals surface area contributed by atoms with Crippen molar-refractivity contribution in [3.8, 4) is 17.1 Å². The van der Waals surface area contributed by atoms with Crippen molar-refractivity contribution in [3.05, 3.63) is 89.0 Å². The Kier molecular flexibility index (Phi) is 6.17. The molecule has 32 heavy (non-hydrogen) atoms. The Bertz CT molecular complexity index is 1260. The van der Waals surface area contributed by atoms with Gasteiger partial charge in [0.15, 0.2) is 11.0 Å². The molecule has 0 bridgehead atoms. The Hall–Kier alpha value is -4.12. The first-order valence-corrected chi connectivity index (χ1v) is 10.3. The van der Waals surface area contributed by atoms with Gasteiger partial charge >= 0.3 is 0 Å². The second-order valence-electron chi connectivity index (χ2n) is 6.47. The molecule has 0 saturated carbocycles. The van der Waals surface area contributed by atoms with E-state index < -0.39 is 10.8 Å². The van der Waals surface area contributed by atoms with E-state index in [9.17, 15) is 19.3 Å². The third-order valence-corrected chi connectivity index (χ3v) is 5.29. The molecule has 2 heterocycles. The van der Waals surface area contributed by atoms with Gasteiger partial charge in [-0.3, -0.25) is 24.5 Å². The summed E-state index contributed by atoms with van der Waals surface area (Å²) in [7, 11) is 0. The van der Waals surface area contributed by atoms with Crippen molar-refractivity contribution in [1.29, 1.82) is 0 Å². The van der Waals surface area contributed by atoms with Crippen LogP contribution in [0.4, 0.5) is 15.8 Å². The molecule has 4 rings (SSSR count). The molecule has 0 saturated heterocycles. The lowest BCUT2D eigenvalue weighted by molar-refractivity contribution is -0.383. The van der Waals surface area contributed by atoms with Crippen molar-refractivity contribution >= 4 is 29.0 Å². The fraction of sp³-hybridized carbons (Fsp3) is 0.0476. The highest BCUT2D eigenvalue weighted by atomic mass is 32.2. The van der Waals surface area contributed by atoms with Crippen LogP contribution in [-0.4, -0.2) is 36.3 Å². The SMILES string of the molecule is O=C(CSc1nnc(-c2ccncc2)n1-c1ccc(F)cc1)Nc1ccccc1[N+](=O)[O-]. The first-order valence-electron chi connectivity index (χ1n) is 9.31. The zero-order valence-corrected chi connectivity index (χ0v) is 17.2. The van der Waals surface area contributed by atoms with E-state index in [-0.39, 0.29) is 22.9 Å². The van der Waals surface area contributed by atoms with E-state index >= 15 is 0 Å². The number of nitrogens with zero attached hydrogens (tertiary/aromatic N) is 5. The van der Waals surface area contributed by atoms with Crippen LogP contribution in [0.2, 0.25) is 0 Å². The summed E-state index contributed by atoms with van der Waals surface area (Å²) in [6.45, 7) is 0. The number of nitrogens with one attached hydrogen (secondary N) is 1. The molecular weight excluding hydrogens is 435 g/mol. The van der Waals surface area contributed by atoms with Gasteiger partial charge in [0.05, 0.1) is 10.7 Å². The highest BCUT2D eigenvalue weighted by Crippen LogP contribution is 2.28. The molecule has 1 amide bonds. The molecule has 11 heteroatoms. The lowest BCUT2D eigenvalue weighted by Gasteiger charge is -2.10. The van der Waals surface area contributed by atoms with E-state index in [1.165, 1.54) is 30.3 Å². The minimum absolute atomic E-state index is 0.0677. The third kappa shape index (κ3) is 4.62. The fourth-order valence-electron chi connectivity index (χ4n) is 2.93. The molecule has 1 N–H and O–H groups in total. The summed E-state index contributed by atoms with van der Waals surface area (Å²) in [5.74, 6) is -0.392. The number of hydrogen-bond donors (Lipinski definition) is 1.